The number of anilines is 1. The number of fused-ring (bicyclic) bond motifs is 2. The number of Topliss-reactive ketones (excluding diaryl/α,β-unsaturated/α-hetero) is 1. The molecule has 4 atom stereocenters. The average Bonchev–Trinajstić information content (AvgIpc) is 2.61. The van der Waals surface area contributed by atoms with Crippen molar-refractivity contribution in [2.75, 3.05) is 11.9 Å². The van der Waals surface area contributed by atoms with Gasteiger partial charge in [0.25, 0.3) is 0 Å². The number of carbonyl (C=O) groups excluding carboxylic acids is 2. The van der Waals surface area contributed by atoms with Crippen LogP contribution < -0.4 is 10.6 Å². The van der Waals surface area contributed by atoms with Crippen molar-refractivity contribution in [1.82, 2.24) is 5.32 Å². The van der Waals surface area contributed by atoms with Gasteiger partial charge in [0.05, 0.1) is 5.92 Å². The summed E-state index contributed by atoms with van der Waals surface area (Å²) in [6.07, 6.45) is 6.38. The molecule has 1 saturated heterocycles. The number of nitrogens with one attached hydrogen (secondary N) is 2. The lowest BCUT2D eigenvalue weighted by atomic mass is 9.75. The van der Waals surface area contributed by atoms with Gasteiger partial charge >= 0.3 is 0 Å². The number of halogens is 1. The number of rotatable bonds is 3. The highest BCUT2D eigenvalue weighted by atomic mass is 35.5. The second kappa shape index (κ2) is 6.99. The fourth-order valence-electron chi connectivity index (χ4n) is 4.68. The van der Waals surface area contributed by atoms with Gasteiger partial charge in [-0.2, -0.15) is 0 Å². The molecule has 0 spiro atoms. The van der Waals surface area contributed by atoms with Gasteiger partial charge in [0.1, 0.15) is 0 Å². The van der Waals surface area contributed by atoms with E-state index in [2.05, 4.69) is 10.6 Å². The summed E-state index contributed by atoms with van der Waals surface area (Å²) >= 11 is 6.33. The van der Waals surface area contributed by atoms with Gasteiger partial charge in [-0.25, -0.2) is 0 Å². The van der Waals surface area contributed by atoms with E-state index in [1.165, 1.54) is 0 Å². The summed E-state index contributed by atoms with van der Waals surface area (Å²) in [5.74, 6) is 0.853. The smallest absolute Gasteiger partial charge is 0.225 e. The van der Waals surface area contributed by atoms with Crippen LogP contribution in [0, 0.1) is 11.8 Å². The summed E-state index contributed by atoms with van der Waals surface area (Å²) in [6, 6.07) is 6.18. The Kier molecular flexibility index (Phi) is 4.72. The van der Waals surface area contributed by atoms with E-state index in [0.29, 0.717) is 24.9 Å². The molecule has 5 heteroatoms. The lowest BCUT2D eigenvalue weighted by molar-refractivity contribution is -0.129. The van der Waals surface area contributed by atoms with Crippen LogP contribution in [-0.2, 0) is 11.2 Å². The molecule has 4 rings (SSSR count). The minimum Gasteiger partial charge on any atom is -0.384 e. The third-order valence-corrected chi connectivity index (χ3v) is 6.45. The lowest BCUT2D eigenvalue weighted by Gasteiger charge is -2.41. The van der Waals surface area contributed by atoms with Crippen molar-refractivity contribution in [1.29, 1.82) is 0 Å². The number of ketones is 1. The Morgan fingerprint density at radius 1 is 1.16 bits per heavy atom. The zero-order valence-electron chi connectivity index (χ0n) is 14.4. The maximum atomic E-state index is 12.5. The van der Waals surface area contributed by atoms with E-state index >= 15 is 0 Å². The van der Waals surface area contributed by atoms with E-state index in [0.717, 1.165) is 55.3 Å². The quantitative estimate of drug-likeness (QED) is 0.811. The first-order chi connectivity index (χ1) is 12.1. The van der Waals surface area contributed by atoms with Crippen LogP contribution in [0.2, 0.25) is 0 Å². The van der Waals surface area contributed by atoms with Gasteiger partial charge in [0, 0.05) is 35.6 Å². The maximum Gasteiger partial charge on any atom is 0.225 e. The summed E-state index contributed by atoms with van der Waals surface area (Å²) in [7, 11) is 0. The van der Waals surface area contributed by atoms with Crippen molar-refractivity contribution < 1.29 is 9.59 Å². The maximum absolute atomic E-state index is 12.5. The Morgan fingerprint density at radius 2 is 2.04 bits per heavy atom. The van der Waals surface area contributed by atoms with Gasteiger partial charge in [-0.05, 0) is 56.1 Å². The summed E-state index contributed by atoms with van der Waals surface area (Å²) in [4.78, 5) is 24.5. The Morgan fingerprint density at radius 3 is 2.92 bits per heavy atom. The van der Waals surface area contributed by atoms with E-state index in [1.807, 2.05) is 18.2 Å². The van der Waals surface area contributed by atoms with Crippen LogP contribution in [-0.4, -0.2) is 29.7 Å². The highest BCUT2D eigenvalue weighted by molar-refractivity contribution is 6.20. The number of amides is 1. The topological polar surface area (TPSA) is 58.2 Å². The van der Waals surface area contributed by atoms with Gasteiger partial charge in [-0.3, -0.25) is 9.59 Å². The molecule has 4 nitrogen and oxygen atoms in total. The molecule has 3 aliphatic rings. The third-order valence-electron chi connectivity index (χ3n) is 6.05. The van der Waals surface area contributed by atoms with Crippen LogP contribution >= 0.6 is 11.6 Å². The van der Waals surface area contributed by atoms with Gasteiger partial charge in [-0.15, -0.1) is 11.6 Å². The van der Waals surface area contributed by atoms with Crippen molar-refractivity contribution in [2.45, 2.75) is 56.4 Å². The second-order valence-electron chi connectivity index (χ2n) is 7.71. The molecule has 2 N–H and O–H groups in total. The van der Waals surface area contributed by atoms with Crippen LogP contribution in [0.4, 0.5) is 5.69 Å². The number of benzene rings is 1. The van der Waals surface area contributed by atoms with Crippen molar-refractivity contribution in [3.8, 4) is 0 Å². The predicted molar refractivity (Wildman–Crippen MR) is 99.2 cm³/mol. The van der Waals surface area contributed by atoms with Crippen LogP contribution in [0.5, 0.6) is 0 Å². The van der Waals surface area contributed by atoms with Crippen molar-refractivity contribution in [3.05, 3.63) is 29.3 Å². The molecular formula is C20H25ClN2O2. The Bertz CT molecular complexity index is 690. The van der Waals surface area contributed by atoms with Crippen LogP contribution in [0.1, 0.15) is 54.4 Å². The molecule has 0 radical (unpaired) electrons. The van der Waals surface area contributed by atoms with Crippen molar-refractivity contribution in [2.24, 2.45) is 11.8 Å². The third kappa shape index (κ3) is 3.41. The molecule has 1 amide bonds. The fourth-order valence-corrected chi connectivity index (χ4v) is 5.04. The standard InChI is InChI=1S/C20H25ClN2O2/c21-14-7-8-17-12(10-14)9-13(20(25)23-17)11-22-18-5-1-4-16-15(18)3-2-6-19(16)24/h1,4-5,12-14,17,22H,2-3,6-11H2,(H,23,25). The molecule has 0 bridgehead atoms. The van der Waals surface area contributed by atoms with Crippen molar-refractivity contribution >= 4 is 29.0 Å². The lowest BCUT2D eigenvalue weighted by Crippen LogP contribution is -2.53. The molecule has 1 heterocycles. The summed E-state index contributed by atoms with van der Waals surface area (Å²) in [5.41, 5.74) is 2.98. The molecule has 134 valence electrons. The molecule has 25 heavy (non-hydrogen) atoms. The monoisotopic (exact) mass is 360 g/mol. The molecule has 2 aliphatic carbocycles. The van der Waals surface area contributed by atoms with Crippen molar-refractivity contribution in [3.63, 3.8) is 0 Å². The Labute approximate surface area is 153 Å². The first-order valence-corrected chi connectivity index (χ1v) is 9.89. The molecule has 1 aromatic rings. The average molecular weight is 361 g/mol. The number of hydrogen-bond donors (Lipinski definition) is 2. The largest absolute Gasteiger partial charge is 0.384 e. The van der Waals surface area contributed by atoms with E-state index in [-0.39, 0.29) is 23.0 Å². The van der Waals surface area contributed by atoms with Crippen LogP contribution in [0.3, 0.4) is 0 Å². The normalized spacial score (nSPS) is 31.7. The molecule has 1 saturated carbocycles. The molecule has 1 aromatic carbocycles. The van der Waals surface area contributed by atoms with E-state index in [9.17, 15) is 9.59 Å². The zero-order valence-corrected chi connectivity index (χ0v) is 15.1. The molecule has 0 aromatic heterocycles. The first-order valence-electron chi connectivity index (χ1n) is 9.45. The minimum absolute atomic E-state index is 0.0293. The van der Waals surface area contributed by atoms with E-state index in [1.54, 1.807) is 0 Å². The highest BCUT2D eigenvalue weighted by Crippen LogP contribution is 2.36. The molecule has 1 aliphatic heterocycles. The fraction of sp³-hybridized carbons (Fsp3) is 0.600. The predicted octanol–water partition coefficient (Wildman–Crippen LogP) is 3.53. The van der Waals surface area contributed by atoms with Gasteiger partial charge in [0.2, 0.25) is 5.91 Å². The minimum atomic E-state index is -0.0293. The SMILES string of the molecule is O=C1CCCc2c(NCC3CC4CC(Cl)CCC4NC3=O)cccc21. The first kappa shape index (κ1) is 16.9. The molecular weight excluding hydrogens is 336 g/mol. The van der Waals surface area contributed by atoms with Gasteiger partial charge in [-0.1, -0.05) is 12.1 Å². The Hall–Kier alpha value is -1.55. The molecule has 4 unspecified atom stereocenters. The van der Waals surface area contributed by atoms with Crippen LogP contribution in [0.25, 0.3) is 0 Å². The highest BCUT2D eigenvalue weighted by Gasteiger charge is 2.38. The summed E-state index contributed by atoms with van der Waals surface area (Å²) in [5, 5.41) is 6.90. The number of alkyl halides is 1. The van der Waals surface area contributed by atoms with Gasteiger partial charge in [0.15, 0.2) is 5.78 Å². The number of carbonyl (C=O) groups is 2. The second-order valence-corrected chi connectivity index (χ2v) is 8.32. The summed E-state index contributed by atoms with van der Waals surface area (Å²) in [6.45, 7) is 0.618. The van der Waals surface area contributed by atoms with E-state index < -0.39 is 0 Å². The Balaban J connectivity index is 1.44. The van der Waals surface area contributed by atoms with E-state index in [4.69, 9.17) is 11.6 Å². The summed E-state index contributed by atoms with van der Waals surface area (Å²) < 4.78 is 0. The van der Waals surface area contributed by atoms with Crippen LogP contribution in [0.15, 0.2) is 18.2 Å². The zero-order chi connectivity index (χ0) is 17.4. The number of piperidine rings is 1. The van der Waals surface area contributed by atoms with Gasteiger partial charge < -0.3 is 10.6 Å². The molecule has 2 fully saturated rings. The number of hydrogen-bond acceptors (Lipinski definition) is 3.